The molecule has 0 saturated heterocycles. The summed E-state index contributed by atoms with van der Waals surface area (Å²) < 4.78 is 69.1. The predicted molar refractivity (Wildman–Crippen MR) is 116 cm³/mol. The van der Waals surface area contributed by atoms with E-state index < -0.39 is 21.6 Å². The van der Waals surface area contributed by atoms with E-state index in [0.717, 1.165) is 17.9 Å². The molecule has 0 amide bonds. The largest absolute Gasteiger partial charge is 0.489 e. The summed E-state index contributed by atoms with van der Waals surface area (Å²) in [6.07, 6.45) is -1.99. The number of pyridine rings is 1. The van der Waals surface area contributed by atoms with Gasteiger partial charge in [0, 0.05) is 17.8 Å². The van der Waals surface area contributed by atoms with Gasteiger partial charge in [-0.3, -0.25) is 4.98 Å². The zero-order valence-electron chi connectivity index (χ0n) is 16.9. The third-order valence-corrected chi connectivity index (χ3v) is 6.11. The van der Waals surface area contributed by atoms with Gasteiger partial charge in [0.25, 0.3) is 0 Å². The molecule has 8 heteroatoms. The summed E-state index contributed by atoms with van der Waals surface area (Å²) in [5.41, 5.74) is 1.22. The minimum atomic E-state index is -4.50. The number of fused-ring (bicyclic) bond motifs is 1. The number of halogens is 3. The van der Waals surface area contributed by atoms with E-state index in [1.54, 1.807) is 48.5 Å². The Hall–Kier alpha value is -3.39. The maximum atomic E-state index is 13.4. The summed E-state index contributed by atoms with van der Waals surface area (Å²) in [6.45, 7) is 0.211. The first kappa shape index (κ1) is 21.8. The van der Waals surface area contributed by atoms with E-state index in [1.165, 1.54) is 24.4 Å². The van der Waals surface area contributed by atoms with E-state index >= 15 is 0 Å². The van der Waals surface area contributed by atoms with Gasteiger partial charge in [0.05, 0.1) is 16.0 Å². The van der Waals surface area contributed by atoms with E-state index in [-0.39, 0.29) is 17.0 Å². The maximum Gasteiger partial charge on any atom is 0.418 e. The number of aromatic nitrogens is 1. The molecule has 1 heterocycles. The van der Waals surface area contributed by atoms with Crippen molar-refractivity contribution < 1.29 is 26.3 Å². The summed E-state index contributed by atoms with van der Waals surface area (Å²) in [5.74, 6) is 0.534. The lowest BCUT2D eigenvalue weighted by molar-refractivity contribution is -0.136. The Labute approximate surface area is 183 Å². The Kier molecular flexibility index (Phi) is 5.64. The summed E-state index contributed by atoms with van der Waals surface area (Å²) in [6, 6.07) is 19.1. The highest BCUT2D eigenvalue weighted by Gasteiger charge is 2.33. The lowest BCUT2D eigenvalue weighted by Gasteiger charge is -2.13. The number of rotatable bonds is 5. The van der Waals surface area contributed by atoms with Gasteiger partial charge in [0.15, 0.2) is 9.84 Å². The van der Waals surface area contributed by atoms with Gasteiger partial charge < -0.3 is 4.74 Å². The summed E-state index contributed by atoms with van der Waals surface area (Å²) >= 11 is 0. The molecule has 0 atom stereocenters. The summed E-state index contributed by atoms with van der Waals surface area (Å²) in [5, 5.41) is 0.399. The Bertz CT molecular complexity index is 1380. The molecule has 32 heavy (non-hydrogen) atoms. The van der Waals surface area contributed by atoms with Crippen LogP contribution in [0.3, 0.4) is 0 Å². The number of benzene rings is 3. The van der Waals surface area contributed by atoms with Crippen LogP contribution < -0.4 is 4.74 Å². The molecule has 0 saturated carbocycles. The number of hydrogen-bond donors (Lipinski definition) is 0. The molecule has 0 unspecified atom stereocenters. The van der Waals surface area contributed by atoms with Crippen LogP contribution in [0.4, 0.5) is 13.2 Å². The van der Waals surface area contributed by atoms with Gasteiger partial charge in [-0.25, -0.2) is 8.42 Å². The number of hydrogen-bond acceptors (Lipinski definition) is 4. The first-order valence-corrected chi connectivity index (χ1v) is 11.5. The Morgan fingerprint density at radius 3 is 2.34 bits per heavy atom. The molecule has 0 radical (unpaired) electrons. The quantitative estimate of drug-likeness (QED) is 0.374. The molecule has 0 aliphatic rings. The van der Waals surface area contributed by atoms with E-state index in [2.05, 4.69) is 4.98 Å². The SMILES string of the molecule is CS(=O)(=O)c1ccc(COc2cccc(-c3ccnc4c(C(F)(F)F)cccc34)c2)cc1. The Morgan fingerprint density at radius 1 is 0.938 bits per heavy atom. The molecule has 0 N–H and O–H groups in total. The Balaban J connectivity index is 1.62. The number of para-hydroxylation sites is 1. The normalized spacial score (nSPS) is 12.1. The monoisotopic (exact) mass is 457 g/mol. The van der Waals surface area contributed by atoms with Crippen LogP contribution in [0, 0.1) is 0 Å². The van der Waals surface area contributed by atoms with Crippen LogP contribution in [0.25, 0.3) is 22.0 Å². The third-order valence-electron chi connectivity index (χ3n) is 4.98. The van der Waals surface area contributed by atoms with Gasteiger partial charge in [-0.1, -0.05) is 36.4 Å². The molecule has 164 valence electrons. The molecule has 3 aromatic carbocycles. The van der Waals surface area contributed by atoms with E-state index in [4.69, 9.17) is 4.74 Å². The van der Waals surface area contributed by atoms with E-state index in [9.17, 15) is 21.6 Å². The molecule has 0 aliphatic heterocycles. The van der Waals surface area contributed by atoms with Crippen LogP contribution in [0.15, 0.2) is 83.9 Å². The zero-order valence-corrected chi connectivity index (χ0v) is 17.7. The van der Waals surface area contributed by atoms with Crippen LogP contribution in [-0.4, -0.2) is 19.7 Å². The van der Waals surface area contributed by atoms with E-state index in [0.29, 0.717) is 22.3 Å². The van der Waals surface area contributed by atoms with Crippen LogP contribution in [0.1, 0.15) is 11.1 Å². The highest BCUT2D eigenvalue weighted by Crippen LogP contribution is 2.37. The second-order valence-electron chi connectivity index (χ2n) is 7.29. The summed E-state index contributed by atoms with van der Waals surface area (Å²) in [4.78, 5) is 4.19. The van der Waals surface area contributed by atoms with Gasteiger partial charge in [-0.15, -0.1) is 0 Å². The fourth-order valence-corrected chi connectivity index (χ4v) is 4.04. The molecule has 1 aromatic heterocycles. The first-order chi connectivity index (χ1) is 15.1. The van der Waals surface area contributed by atoms with Gasteiger partial charge in [-0.2, -0.15) is 13.2 Å². The van der Waals surface area contributed by atoms with Crippen molar-refractivity contribution in [3.63, 3.8) is 0 Å². The lowest BCUT2D eigenvalue weighted by Crippen LogP contribution is -2.06. The van der Waals surface area contributed by atoms with Gasteiger partial charge >= 0.3 is 6.18 Å². The minimum absolute atomic E-state index is 0.102. The minimum Gasteiger partial charge on any atom is -0.489 e. The molecule has 0 bridgehead atoms. The maximum absolute atomic E-state index is 13.4. The highest BCUT2D eigenvalue weighted by molar-refractivity contribution is 7.90. The van der Waals surface area contributed by atoms with Crippen molar-refractivity contribution in [1.29, 1.82) is 0 Å². The van der Waals surface area contributed by atoms with Crippen molar-refractivity contribution in [1.82, 2.24) is 4.98 Å². The van der Waals surface area contributed by atoms with Crippen molar-refractivity contribution in [2.24, 2.45) is 0 Å². The molecular formula is C24H18F3NO3S. The molecule has 4 aromatic rings. The van der Waals surface area contributed by atoms with Crippen molar-refractivity contribution in [3.8, 4) is 16.9 Å². The number of nitrogens with zero attached hydrogens (tertiary/aromatic N) is 1. The number of alkyl halides is 3. The van der Waals surface area contributed by atoms with E-state index in [1.807, 2.05) is 0 Å². The standard InChI is InChI=1S/C24H18F3NO3S/c1-32(29,30)19-10-8-16(9-11-19)15-31-18-5-2-4-17(14-18)20-12-13-28-23-21(20)6-3-7-22(23)24(25,26)27/h2-14H,15H2,1H3. The molecule has 4 rings (SSSR count). The molecule has 0 fully saturated rings. The predicted octanol–water partition coefficient (Wildman–Crippen LogP) is 5.90. The molecule has 0 spiro atoms. The molecule has 4 nitrogen and oxygen atoms in total. The topological polar surface area (TPSA) is 56.3 Å². The van der Waals surface area contributed by atoms with Crippen LogP contribution >= 0.6 is 0 Å². The van der Waals surface area contributed by atoms with Gasteiger partial charge in [-0.05, 0) is 53.1 Å². The smallest absolute Gasteiger partial charge is 0.418 e. The fourth-order valence-electron chi connectivity index (χ4n) is 3.41. The lowest BCUT2D eigenvalue weighted by atomic mass is 9.99. The summed E-state index contributed by atoms with van der Waals surface area (Å²) in [7, 11) is -3.27. The van der Waals surface area contributed by atoms with Crippen molar-refractivity contribution >= 4 is 20.7 Å². The van der Waals surface area contributed by atoms with Gasteiger partial charge in [0.1, 0.15) is 12.4 Å². The highest BCUT2D eigenvalue weighted by atomic mass is 32.2. The average molecular weight is 457 g/mol. The van der Waals surface area contributed by atoms with Crippen molar-refractivity contribution in [3.05, 3.63) is 90.1 Å². The molecular weight excluding hydrogens is 439 g/mol. The number of ether oxygens (including phenoxy) is 1. The van der Waals surface area contributed by atoms with Gasteiger partial charge in [0.2, 0.25) is 0 Å². The first-order valence-electron chi connectivity index (χ1n) is 9.60. The zero-order chi connectivity index (χ0) is 22.9. The van der Waals surface area contributed by atoms with Crippen molar-refractivity contribution in [2.45, 2.75) is 17.7 Å². The van der Waals surface area contributed by atoms with Crippen LogP contribution in [0.2, 0.25) is 0 Å². The fraction of sp³-hybridized carbons (Fsp3) is 0.125. The Morgan fingerprint density at radius 2 is 1.66 bits per heavy atom. The van der Waals surface area contributed by atoms with Crippen LogP contribution in [0.5, 0.6) is 5.75 Å². The van der Waals surface area contributed by atoms with Crippen LogP contribution in [-0.2, 0) is 22.6 Å². The number of sulfone groups is 1. The third kappa shape index (κ3) is 4.60. The average Bonchev–Trinajstić information content (AvgIpc) is 2.76. The molecule has 0 aliphatic carbocycles. The second-order valence-corrected chi connectivity index (χ2v) is 9.31. The van der Waals surface area contributed by atoms with Crippen molar-refractivity contribution in [2.75, 3.05) is 6.26 Å². The second kappa shape index (κ2) is 8.27.